The molecule has 28 heteroatoms. The number of hydrogen-bond acceptors (Lipinski definition) is 21. The van der Waals surface area contributed by atoms with Crippen LogP contribution in [0.4, 0.5) is 23.2 Å². The van der Waals surface area contributed by atoms with Gasteiger partial charge < -0.3 is 67.7 Å². The number of hydrogen-bond donors (Lipinski definition) is 2. The minimum Gasteiger partial charge on any atom is -0.768 e. The van der Waals surface area contributed by atoms with E-state index in [2.05, 4.69) is 19.9 Å². The number of rotatable bonds is 43. The molecule has 22 nitrogen and oxygen atoms in total. The summed E-state index contributed by atoms with van der Waals surface area (Å²) in [5.41, 5.74) is 7.53. The highest BCUT2D eigenvalue weighted by atomic mass is 32.2. The van der Waals surface area contributed by atoms with E-state index < -0.39 is 57.4 Å². The van der Waals surface area contributed by atoms with Crippen LogP contribution in [0.1, 0.15) is 55.7 Å². The van der Waals surface area contributed by atoms with Crippen LogP contribution < -0.4 is 15.8 Å². The van der Waals surface area contributed by atoms with Gasteiger partial charge in [-0.15, -0.1) is 11.3 Å². The number of aliphatic imine (C=N–C) groups is 1. The Morgan fingerprint density at radius 3 is 1.72 bits per heavy atom. The van der Waals surface area contributed by atoms with Gasteiger partial charge in [-0.05, 0) is 56.0 Å². The quantitative estimate of drug-likeness (QED) is 0.0181. The Morgan fingerprint density at radius 1 is 0.756 bits per heavy atom. The molecule has 2 aliphatic rings. The molecule has 0 aliphatic carbocycles. The Hall–Kier alpha value is -4.11. The third kappa shape index (κ3) is 25.1. The molecule has 2 atom stereocenters. The number of nitrogens with two attached hydrogens (primary N) is 1. The number of benzene rings is 1. The molecular weight excluding hydrogens is 1080 g/mol. The maximum Gasteiger partial charge on any atom is 0.313 e. The van der Waals surface area contributed by atoms with Crippen LogP contribution in [-0.4, -0.2) is 207 Å². The van der Waals surface area contributed by atoms with Gasteiger partial charge in [0.05, 0.1) is 162 Å². The minimum atomic E-state index is -3.61. The van der Waals surface area contributed by atoms with E-state index in [4.69, 9.17) is 57.9 Å². The number of hydroxylamine groups is 2. The Bertz CT molecular complexity index is 2160. The van der Waals surface area contributed by atoms with Crippen LogP contribution in [0.3, 0.4) is 0 Å². The molecule has 4 rings (SSSR count). The zero-order valence-electron chi connectivity index (χ0n) is 44.3. The fourth-order valence-electron chi connectivity index (χ4n) is 7.45. The fraction of sp³-hybridized carbons (Fsp3) is 0.680. The number of esters is 1. The number of amidine groups is 1. The monoisotopic (exact) mass is 1160 g/mol. The first-order chi connectivity index (χ1) is 37.8. The molecule has 1 unspecified atom stereocenters. The molecule has 0 saturated carbocycles. The molecule has 442 valence electrons. The molecule has 2 amide bonds. The van der Waals surface area contributed by atoms with Gasteiger partial charge in [0, 0.05) is 43.1 Å². The van der Waals surface area contributed by atoms with Crippen molar-refractivity contribution in [2.24, 2.45) is 16.6 Å². The van der Waals surface area contributed by atoms with Gasteiger partial charge in [-0.1, -0.05) is 6.92 Å². The number of nitrogens with zero attached hydrogens (tertiary/aromatic N) is 3. The van der Waals surface area contributed by atoms with E-state index in [0.29, 0.717) is 143 Å². The largest absolute Gasteiger partial charge is 0.768 e. The van der Waals surface area contributed by atoms with Crippen molar-refractivity contribution < 1.29 is 97.7 Å². The standard InChI is InChI=1S/C50H75F4N5O17S2/c1-3-9-59(75-4-2)50(62)37-31-40-39(57-41(55)32-37)33-38(77-40)35-58-10-5-6-36(34-58)49(61)56-8-12-66-14-16-68-18-20-70-22-24-72-26-28-74-30-29-73-27-25-71-23-21-69-19-17-67-15-13-65-11-7-42(60)76-47-43(51)45(53)48(78(63)64)46(54)44(47)52/h31,33,36H,3-30,32,34-35H2,1-2H3,(H2,55,57)(H,56,61)(H,63,64)/p-1/t36-/m1/s1. The van der Waals surface area contributed by atoms with Gasteiger partial charge in [0.15, 0.2) is 11.6 Å². The number of thiophene rings is 1. The highest BCUT2D eigenvalue weighted by Gasteiger charge is 2.30. The Balaban J connectivity index is 0.849. The summed E-state index contributed by atoms with van der Waals surface area (Å²) in [6, 6.07) is 2.02. The first-order valence-electron chi connectivity index (χ1n) is 25.9. The molecule has 3 heterocycles. The molecule has 1 aromatic carbocycles. The van der Waals surface area contributed by atoms with Crippen LogP contribution in [0, 0.1) is 29.2 Å². The molecule has 3 N–H and O–H groups in total. The van der Waals surface area contributed by atoms with Crippen LogP contribution in [0.5, 0.6) is 5.75 Å². The van der Waals surface area contributed by atoms with Crippen molar-refractivity contribution in [3.05, 3.63) is 44.7 Å². The van der Waals surface area contributed by atoms with Gasteiger partial charge in [-0.25, -0.2) is 18.8 Å². The summed E-state index contributed by atoms with van der Waals surface area (Å²) in [6.45, 7) is 13.7. The van der Waals surface area contributed by atoms with Gasteiger partial charge in [0.1, 0.15) is 10.7 Å². The van der Waals surface area contributed by atoms with Gasteiger partial charge >= 0.3 is 5.97 Å². The van der Waals surface area contributed by atoms with E-state index in [1.165, 1.54) is 5.06 Å². The normalized spacial score (nSPS) is 15.1. The zero-order chi connectivity index (χ0) is 56.3. The topological polar surface area (TPSA) is 259 Å². The lowest BCUT2D eigenvalue weighted by Crippen LogP contribution is -2.43. The summed E-state index contributed by atoms with van der Waals surface area (Å²) in [6.07, 6.45) is 4.12. The minimum absolute atomic E-state index is 0.0216. The number of ether oxygens (including phenoxy) is 11. The third-order valence-electron chi connectivity index (χ3n) is 11.1. The summed E-state index contributed by atoms with van der Waals surface area (Å²) < 4.78 is 136. The summed E-state index contributed by atoms with van der Waals surface area (Å²) in [4.78, 5) is 50.7. The second kappa shape index (κ2) is 39.3. The van der Waals surface area contributed by atoms with Crippen LogP contribution >= 0.6 is 11.3 Å². The van der Waals surface area contributed by atoms with Crippen molar-refractivity contribution in [2.45, 2.75) is 57.4 Å². The maximum atomic E-state index is 13.9. The van der Waals surface area contributed by atoms with E-state index in [-0.39, 0.29) is 57.2 Å². The lowest BCUT2D eigenvalue weighted by molar-refractivity contribution is -0.180. The number of carbonyl (C=O) groups is 3. The maximum absolute atomic E-state index is 13.9. The van der Waals surface area contributed by atoms with Gasteiger partial charge in [-0.3, -0.25) is 28.3 Å². The van der Waals surface area contributed by atoms with E-state index in [1.807, 2.05) is 26.0 Å². The van der Waals surface area contributed by atoms with Crippen molar-refractivity contribution in [2.75, 3.05) is 165 Å². The van der Waals surface area contributed by atoms with E-state index in [0.717, 1.165) is 41.2 Å². The second-order valence-corrected chi connectivity index (χ2v) is 19.1. The first-order valence-corrected chi connectivity index (χ1v) is 27.8. The molecular formula is C50H74F4N5O17S2-. The molecule has 0 bridgehead atoms. The fourth-order valence-corrected chi connectivity index (χ4v) is 9.03. The van der Waals surface area contributed by atoms with Crippen molar-refractivity contribution in [1.82, 2.24) is 15.3 Å². The number of piperidine rings is 1. The average Bonchev–Trinajstić information content (AvgIpc) is 3.74. The lowest BCUT2D eigenvalue weighted by Gasteiger charge is -2.31. The summed E-state index contributed by atoms with van der Waals surface area (Å²) in [5, 5.41) is 4.41. The number of likely N-dealkylation sites (tertiary alicyclic amines) is 1. The molecule has 0 radical (unpaired) electrons. The number of halogens is 4. The lowest BCUT2D eigenvalue weighted by atomic mass is 9.97. The van der Waals surface area contributed by atoms with Crippen LogP contribution in [0.25, 0.3) is 6.08 Å². The van der Waals surface area contributed by atoms with Crippen molar-refractivity contribution >= 4 is 57.8 Å². The molecule has 2 aromatic rings. The van der Waals surface area contributed by atoms with Gasteiger partial charge in [0.25, 0.3) is 5.91 Å². The number of nitrogens with one attached hydrogen (secondary N) is 1. The first kappa shape index (κ1) is 66.4. The molecule has 1 saturated heterocycles. The summed E-state index contributed by atoms with van der Waals surface area (Å²) in [7, 11) is 0. The Morgan fingerprint density at radius 2 is 1.24 bits per heavy atom. The van der Waals surface area contributed by atoms with Crippen LogP contribution in [0.2, 0.25) is 0 Å². The third-order valence-corrected chi connectivity index (χ3v) is 12.9. The number of amides is 2. The Kier molecular flexibility index (Phi) is 33.5. The smallest absolute Gasteiger partial charge is 0.313 e. The molecule has 2 aliphatic heterocycles. The van der Waals surface area contributed by atoms with E-state index in [1.54, 1.807) is 11.3 Å². The van der Waals surface area contributed by atoms with Crippen molar-refractivity contribution in [3.63, 3.8) is 0 Å². The second-order valence-electron chi connectivity index (χ2n) is 17.1. The highest BCUT2D eigenvalue weighted by Crippen LogP contribution is 2.36. The molecule has 1 aromatic heterocycles. The Labute approximate surface area is 458 Å². The molecule has 78 heavy (non-hydrogen) atoms. The van der Waals surface area contributed by atoms with Crippen LogP contribution in [-0.2, 0) is 84.2 Å². The highest BCUT2D eigenvalue weighted by molar-refractivity contribution is 7.79. The molecule has 0 spiro atoms. The zero-order valence-corrected chi connectivity index (χ0v) is 46.0. The van der Waals surface area contributed by atoms with Gasteiger partial charge in [0.2, 0.25) is 23.3 Å². The summed E-state index contributed by atoms with van der Waals surface area (Å²) in [5.74, 6) is -11.6. The van der Waals surface area contributed by atoms with E-state index >= 15 is 0 Å². The molecule has 1 fully saturated rings. The number of fused-ring (bicyclic) bond motifs is 1. The summed E-state index contributed by atoms with van der Waals surface area (Å²) >= 11 is -2.02. The van der Waals surface area contributed by atoms with Crippen molar-refractivity contribution in [1.29, 1.82) is 0 Å². The average molecular weight is 1160 g/mol. The van der Waals surface area contributed by atoms with Crippen molar-refractivity contribution in [3.8, 4) is 5.75 Å². The van der Waals surface area contributed by atoms with Gasteiger partial charge in [-0.2, -0.15) is 8.78 Å². The number of carbonyl (C=O) groups excluding carboxylic acids is 3. The van der Waals surface area contributed by atoms with Crippen LogP contribution in [0.15, 0.2) is 21.5 Å². The predicted octanol–water partition coefficient (Wildman–Crippen LogP) is 4.00. The predicted molar refractivity (Wildman–Crippen MR) is 275 cm³/mol. The van der Waals surface area contributed by atoms with E-state index in [9.17, 15) is 40.7 Å². The SMILES string of the molecule is CCCN(OCC)C(=O)C1=Cc2sc(CN3CCC[C@@H](C(=O)NCCOCCOCCOCCOCCOCCOCCOCCOCCOCCOCCC(=O)Oc4c(F)c(F)c(S(=O)[O-])c(F)c4F)C3)cc2N=C(N)C1.